The maximum atomic E-state index is 12.1. The highest BCUT2D eigenvalue weighted by Gasteiger charge is 2.24. The van der Waals surface area contributed by atoms with Crippen LogP contribution in [-0.2, 0) is 4.74 Å². The van der Waals surface area contributed by atoms with Crippen molar-refractivity contribution in [1.29, 1.82) is 0 Å². The van der Waals surface area contributed by atoms with E-state index in [-0.39, 0.29) is 18.0 Å². The third-order valence-corrected chi connectivity index (χ3v) is 3.62. The predicted octanol–water partition coefficient (Wildman–Crippen LogP) is 1.66. The molecule has 2 rings (SSSR count). The van der Waals surface area contributed by atoms with Crippen LogP contribution >= 0.6 is 0 Å². The average Bonchev–Trinajstić information content (AvgIpc) is 2.55. The molecule has 1 aliphatic rings. The number of carbonyl (C=O) groups is 2. The number of likely N-dealkylation sites (tertiary alicyclic amines) is 1. The average molecular weight is 292 g/mol. The van der Waals surface area contributed by atoms with Gasteiger partial charge in [-0.3, -0.25) is 4.79 Å². The second-order valence-corrected chi connectivity index (χ2v) is 4.93. The molecule has 0 aromatic heterocycles. The topological polar surface area (TPSA) is 67.9 Å². The molecule has 0 aliphatic carbocycles. The van der Waals surface area contributed by atoms with Crippen molar-refractivity contribution in [1.82, 2.24) is 10.2 Å². The second-order valence-electron chi connectivity index (χ2n) is 4.93. The highest BCUT2D eigenvalue weighted by Crippen LogP contribution is 2.14. The Kier molecular flexibility index (Phi) is 5.03. The molecule has 1 N–H and O–H groups in total. The summed E-state index contributed by atoms with van der Waals surface area (Å²) in [5.74, 6) is 0.618. The Morgan fingerprint density at radius 1 is 1.14 bits per heavy atom. The molecule has 1 aliphatic heterocycles. The molecule has 114 valence electrons. The van der Waals surface area contributed by atoms with Crippen LogP contribution in [0.5, 0.6) is 5.75 Å². The van der Waals surface area contributed by atoms with Gasteiger partial charge in [-0.15, -0.1) is 0 Å². The summed E-state index contributed by atoms with van der Waals surface area (Å²) in [4.78, 5) is 25.2. The van der Waals surface area contributed by atoms with Gasteiger partial charge in [0, 0.05) is 24.7 Å². The fourth-order valence-electron chi connectivity index (χ4n) is 2.35. The standard InChI is InChI=1S/C15H20N2O4/c1-20-13-5-3-11(4-6-13)14(18)16-12-7-9-17(10-8-12)15(19)21-2/h3-6,12H,7-10H2,1-2H3,(H,16,18). The van der Waals surface area contributed by atoms with Gasteiger partial charge >= 0.3 is 6.09 Å². The number of amides is 2. The number of nitrogens with zero attached hydrogens (tertiary/aromatic N) is 1. The predicted molar refractivity (Wildman–Crippen MR) is 77.5 cm³/mol. The third kappa shape index (κ3) is 3.87. The van der Waals surface area contributed by atoms with Crippen molar-refractivity contribution in [2.45, 2.75) is 18.9 Å². The van der Waals surface area contributed by atoms with Gasteiger partial charge in [0.1, 0.15) is 5.75 Å². The van der Waals surface area contributed by atoms with Crippen molar-refractivity contribution in [3.63, 3.8) is 0 Å². The first kappa shape index (κ1) is 15.2. The van der Waals surface area contributed by atoms with E-state index in [1.54, 1.807) is 36.3 Å². The minimum Gasteiger partial charge on any atom is -0.497 e. The van der Waals surface area contributed by atoms with Crippen LogP contribution in [0.2, 0.25) is 0 Å². The number of methoxy groups -OCH3 is 2. The van der Waals surface area contributed by atoms with E-state index in [1.165, 1.54) is 7.11 Å². The fourth-order valence-corrected chi connectivity index (χ4v) is 2.35. The first-order valence-corrected chi connectivity index (χ1v) is 6.92. The van der Waals surface area contributed by atoms with Crippen molar-refractivity contribution in [2.75, 3.05) is 27.3 Å². The maximum absolute atomic E-state index is 12.1. The smallest absolute Gasteiger partial charge is 0.409 e. The van der Waals surface area contributed by atoms with E-state index in [0.717, 1.165) is 18.6 Å². The van der Waals surface area contributed by atoms with Gasteiger partial charge in [-0.1, -0.05) is 0 Å². The number of hydrogen-bond donors (Lipinski definition) is 1. The second kappa shape index (κ2) is 6.97. The SMILES string of the molecule is COC(=O)N1CCC(NC(=O)c2ccc(OC)cc2)CC1. The molecule has 0 atom stereocenters. The number of nitrogens with one attached hydrogen (secondary N) is 1. The summed E-state index contributed by atoms with van der Waals surface area (Å²) in [6.45, 7) is 1.19. The van der Waals surface area contributed by atoms with E-state index in [4.69, 9.17) is 4.74 Å². The van der Waals surface area contributed by atoms with Crippen molar-refractivity contribution >= 4 is 12.0 Å². The Hall–Kier alpha value is -2.24. The summed E-state index contributed by atoms with van der Waals surface area (Å²) < 4.78 is 9.75. The van der Waals surface area contributed by atoms with Gasteiger partial charge in [-0.2, -0.15) is 0 Å². The normalized spacial score (nSPS) is 15.4. The molecule has 1 aromatic rings. The minimum absolute atomic E-state index is 0.0838. The Morgan fingerprint density at radius 2 is 1.76 bits per heavy atom. The molecule has 21 heavy (non-hydrogen) atoms. The van der Waals surface area contributed by atoms with Gasteiger partial charge in [-0.05, 0) is 37.1 Å². The van der Waals surface area contributed by atoms with Crippen LogP contribution in [0.25, 0.3) is 0 Å². The number of carbonyl (C=O) groups excluding carboxylic acids is 2. The van der Waals surface area contributed by atoms with Gasteiger partial charge in [0.25, 0.3) is 5.91 Å². The number of ether oxygens (including phenoxy) is 2. The molecule has 1 heterocycles. The maximum Gasteiger partial charge on any atom is 0.409 e. The minimum atomic E-state index is -0.310. The fraction of sp³-hybridized carbons (Fsp3) is 0.467. The third-order valence-electron chi connectivity index (χ3n) is 3.62. The van der Waals surface area contributed by atoms with Crippen LogP contribution in [0.15, 0.2) is 24.3 Å². The highest BCUT2D eigenvalue weighted by atomic mass is 16.5. The first-order chi connectivity index (χ1) is 10.1. The number of rotatable bonds is 3. The van der Waals surface area contributed by atoms with Crippen molar-refractivity contribution in [3.05, 3.63) is 29.8 Å². The van der Waals surface area contributed by atoms with E-state index in [9.17, 15) is 9.59 Å². The number of benzene rings is 1. The number of hydrogen-bond acceptors (Lipinski definition) is 4. The quantitative estimate of drug-likeness (QED) is 0.920. The molecule has 0 bridgehead atoms. The van der Waals surface area contributed by atoms with Crippen LogP contribution < -0.4 is 10.1 Å². The molecule has 0 saturated carbocycles. The van der Waals surface area contributed by atoms with Gasteiger partial charge in [0.2, 0.25) is 0 Å². The molecule has 0 spiro atoms. The monoisotopic (exact) mass is 292 g/mol. The lowest BCUT2D eigenvalue weighted by atomic mass is 10.0. The summed E-state index contributed by atoms with van der Waals surface area (Å²) in [5, 5.41) is 2.99. The summed E-state index contributed by atoms with van der Waals surface area (Å²) in [6, 6.07) is 7.07. The van der Waals surface area contributed by atoms with Crippen molar-refractivity contribution in [3.8, 4) is 5.75 Å². The highest BCUT2D eigenvalue weighted by molar-refractivity contribution is 5.94. The van der Waals surface area contributed by atoms with Gasteiger partial charge in [0.15, 0.2) is 0 Å². The van der Waals surface area contributed by atoms with Crippen LogP contribution in [0.4, 0.5) is 4.79 Å². The van der Waals surface area contributed by atoms with Crippen LogP contribution in [0.3, 0.4) is 0 Å². The molecule has 0 unspecified atom stereocenters. The summed E-state index contributed by atoms with van der Waals surface area (Å²) in [5.41, 5.74) is 0.603. The van der Waals surface area contributed by atoms with E-state index in [0.29, 0.717) is 18.7 Å². The van der Waals surface area contributed by atoms with Crippen molar-refractivity contribution in [2.24, 2.45) is 0 Å². The van der Waals surface area contributed by atoms with E-state index < -0.39 is 0 Å². The van der Waals surface area contributed by atoms with Gasteiger partial charge in [-0.25, -0.2) is 4.79 Å². The lowest BCUT2D eigenvalue weighted by Gasteiger charge is -2.31. The molecule has 2 amide bonds. The molecule has 1 fully saturated rings. The Balaban J connectivity index is 1.85. The van der Waals surface area contributed by atoms with Gasteiger partial charge in [0.05, 0.1) is 14.2 Å². The summed E-state index contributed by atoms with van der Waals surface area (Å²) in [7, 11) is 2.96. The molecule has 6 nitrogen and oxygen atoms in total. The van der Waals surface area contributed by atoms with Crippen LogP contribution in [-0.4, -0.2) is 50.3 Å². The zero-order valence-corrected chi connectivity index (χ0v) is 12.3. The number of piperidine rings is 1. The van der Waals surface area contributed by atoms with Crippen LogP contribution in [0, 0.1) is 0 Å². The largest absolute Gasteiger partial charge is 0.497 e. The Bertz CT molecular complexity index is 493. The molecular weight excluding hydrogens is 272 g/mol. The lowest BCUT2D eigenvalue weighted by molar-refractivity contribution is 0.0892. The van der Waals surface area contributed by atoms with Gasteiger partial charge < -0.3 is 19.7 Å². The molecule has 1 aromatic carbocycles. The van der Waals surface area contributed by atoms with Crippen LogP contribution in [0.1, 0.15) is 23.2 Å². The first-order valence-electron chi connectivity index (χ1n) is 6.92. The van der Waals surface area contributed by atoms with E-state index in [1.807, 2.05) is 0 Å². The molecule has 6 heteroatoms. The van der Waals surface area contributed by atoms with E-state index in [2.05, 4.69) is 10.1 Å². The summed E-state index contributed by atoms with van der Waals surface area (Å²) in [6.07, 6.45) is 1.16. The molecule has 0 radical (unpaired) electrons. The zero-order valence-electron chi connectivity index (χ0n) is 12.3. The van der Waals surface area contributed by atoms with Crippen molar-refractivity contribution < 1.29 is 19.1 Å². The molecule has 1 saturated heterocycles. The Labute approximate surface area is 124 Å². The van der Waals surface area contributed by atoms with E-state index >= 15 is 0 Å². The zero-order chi connectivity index (χ0) is 15.2. The summed E-state index contributed by atoms with van der Waals surface area (Å²) >= 11 is 0. The molecular formula is C15H20N2O4. The Morgan fingerprint density at radius 3 is 2.29 bits per heavy atom. The lowest BCUT2D eigenvalue weighted by Crippen LogP contribution is -2.46.